The van der Waals surface area contributed by atoms with Crippen molar-refractivity contribution >= 4 is 5.84 Å². The van der Waals surface area contributed by atoms with Crippen LogP contribution in [0, 0.1) is 23.2 Å². The van der Waals surface area contributed by atoms with Crippen LogP contribution in [0.3, 0.4) is 0 Å². The predicted molar refractivity (Wildman–Crippen MR) is 96.5 cm³/mol. The molecule has 2 aliphatic heterocycles. The lowest BCUT2D eigenvalue weighted by atomic mass is 9.69. The van der Waals surface area contributed by atoms with E-state index in [1.165, 1.54) is 37.1 Å². The zero-order chi connectivity index (χ0) is 16.9. The fourth-order valence-corrected chi connectivity index (χ4v) is 6.00. The molecule has 0 N–H and O–H groups in total. The van der Waals surface area contributed by atoms with E-state index in [9.17, 15) is 0 Å². The highest BCUT2D eigenvalue weighted by Crippen LogP contribution is 2.63. The molecule has 1 aromatic rings. The van der Waals surface area contributed by atoms with Gasteiger partial charge in [-0.1, -0.05) is 12.1 Å². The van der Waals surface area contributed by atoms with Crippen LogP contribution in [0.5, 0.6) is 0 Å². The van der Waals surface area contributed by atoms with Crippen molar-refractivity contribution in [1.29, 1.82) is 5.26 Å². The number of ether oxygens (including phenoxy) is 1. The number of hydrogen-bond acceptors (Lipinski definition) is 4. The second kappa shape index (κ2) is 5.85. The van der Waals surface area contributed by atoms with E-state index >= 15 is 0 Å². The van der Waals surface area contributed by atoms with Crippen molar-refractivity contribution in [1.82, 2.24) is 4.90 Å². The van der Waals surface area contributed by atoms with Crippen LogP contribution in [0.4, 0.5) is 0 Å². The van der Waals surface area contributed by atoms with Crippen molar-refractivity contribution in [2.45, 2.75) is 43.6 Å². The molecule has 4 atom stereocenters. The van der Waals surface area contributed by atoms with E-state index in [2.05, 4.69) is 23.1 Å². The third kappa shape index (κ3) is 2.33. The molecule has 2 aliphatic carbocycles. The molecule has 2 saturated carbocycles. The van der Waals surface area contributed by atoms with Crippen LogP contribution in [0.25, 0.3) is 0 Å². The number of hydrogen-bond donors (Lipinski definition) is 0. The number of amidine groups is 1. The molecule has 4 unspecified atom stereocenters. The monoisotopic (exact) mass is 335 g/mol. The fraction of sp³-hybridized carbons (Fsp3) is 0.619. The molecule has 130 valence electrons. The summed E-state index contributed by atoms with van der Waals surface area (Å²) in [5.74, 6) is 3.38. The molecule has 4 aliphatic rings. The quantitative estimate of drug-likeness (QED) is 0.791. The Morgan fingerprint density at radius 3 is 2.72 bits per heavy atom. The number of nitrogens with zero attached hydrogens (tertiary/aromatic N) is 3. The molecule has 4 nitrogen and oxygen atoms in total. The summed E-state index contributed by atoms with van der Waals surface area (Å²) in [7, 11) is 0. The first-order chi connectivity index (χ1) is 12.3. The van der Waals surface area contributed by atoms with E-state index in [-0.39, 0.29) is 5.54 Å². The maximum atomic E-state index is 9.10. The highest BCUT2D eigenvalue weighted by atomic mass is 16.5. The second-order valence-electron chi connectivity index (χ2n) is 8.10. The van der Waals surface area contributed by atoms with Gasteiger partial charge in [-0.25, -0.2) is 0 Å². The Bertz CT molecular complexity index is 729. The molecule has 5 rings (SSSR count). The zero-order valence-corrected chi connectivity index (χ0v) is 14.7. The Labute approximate surface area is 149 Å². The summed E-state index contributed by atoms with van der Waals surface area (Å²) in [5.41, 5.74) is 2.27. The summed E-state index contributed by atoms with van der Waals surface area (Å²) in [6.45, 7) is 3.64. The van der Waals surface area contributed by atoms with Crippen molar-refractivity contribution in [2.75, 3.05) is 26.3 Å². The molecule has 4 heteroatoms. The van der Waals surface area contributed by atoms with Gasteiger partial charge in [0.25, 0.3) is 0 Å². The van der Waals surface area contributed by atoms with Gasteiger partial charge in [0.2, 0.25) is 0 Å². The Kier molecular flexibility index (Phi) is 3.60. The van der Waals surface area contributed by atoms with Gasteiger partial charge in [-0.3, -0.25) is 4.99 Å². The molecular formula is C21H25N3O. The standard InChI is InChI=1S/C21H25N3O/c22-14-15-1-3-16(4-2-15)20-17-5-6-18(13-17)21(20)8-7-19(23-21)24-9-11-25-12-10-24/h1-4,17-18,20H,5-13H2. The van der Waals surface area contributed by atoms with Gasteiger partial charge in [-0.2, -0.15) is 5.26 Å². The van der Waals surface area contributed by atoms with Gasteiger partial charge >= 0.3 is 0 Å². The number of aliphatic imine (C=N–C) groups is 1. The average molecular weight is 335 g/mol. The Hall–Kier alpha value is -1.86. The highest BCUT2D eigenvalue weighted by molar-refractivity contribution is 5.85. The zero-order valence-electron chi connectivity index (χ0n) is 14.7. The lowest BCUT2D eigenvalue weighted by Crippen LogP contribution is -2.41. The van der Waals surface area contributed by atoms with Crippen LogP contribution >= 0.6 is 0 Å². The van der Waals surface area contributed by atoms with E-state index in [0.717, 1.165) is 50.1 Å². The minimum atomic E-state index is 0.116. The van der Waals surface area contributed by atoms with E-state index < -0.39 is 0 Å². The average Bonchev–Trinajstić information content (AvgIpc) is 3.38. The van der Waals surface area contributed by atoms with Gasteiger partial charge in [0.1, 0.15) is 0 Å². The Balaban J connectivity index is 1.50. The smallest absolute Gasteiger partial charge is 0.0998 e. The molecule has 1 saturated heterocycles. The molecule has 0 radical (unpaired) electrons. The maximum absolute atomic E-state index is 9.10. The van der Waals surface area contributed by atoms with Crippen LogP contribution in [0.1, 0.15) is 49.1 Å². The molecular weight excluding hydrogens is 310 g/mol. The van der Waals surface area contributed by atoms with Crippen LogP contribution in [0.2, 0.25) is 0 Å². The summed E-state index contributed by atoms with van der Waals surface area (Å²) < 4.78 is 5.51. The van der Waals surface area contributed by atoms with Crippen LogP contribution < -0.4 is 0 Å². The van der Waals surface area contributed by atoms with Crippen molar-refractivity contribution in [2.24, 2.45) is 16.8 Å². The van der Waals surface area contributed by atoms with Crippen LogP contribution in [0.15, 0.2) is 29.3 Å². The van der Waals surface area contributed by atoms with Crippen LogP contribution in [-0.2, 0) is 4.74 Å². The van der Waals surface area contributed by atoms with Crippen molar-refractivity contribution in [3.8, 4) is 6.07 Å². The number of morpholine rings is 1. The molecule has 0 amide bonds. The number of fused-ring (bicyclic) bond motifs is 3. The first kappa shape index (κ1) is 15.4. The molecule has 2 heterocycles. The lowest BCUT2D eigenvalue weighted by molar-refractivity contribution is 0.0674. The normalized spacial score (nSPS) is 36.7. The minimum Gasteiger partial charge on any atom is -0.378 e. The van der Waals surface area contributed by atoms with Crippen molar-refractivity contribution < 1.29 is 4.74 Å². The first-order valence-electron chi connectivity index (χ1n) is 9.72. The van der Waals surface area contributed by atoms with Gasteiger partial charge in [-0.05, 0) is 55.2 Å². The summed E-state index contributed by atoms with van der Waals surface area (Å²) in [5, 5.41) is 9.10. The fourth-order valence-electron chi connectivity index (χ4n) is 6.00. The third-order valence-electron chi connectivity index (χ3n) is 7.05. The van der Waals surface area contributed by atoms with E-state index in [1.54, 1.807) is 0 Å². The Morgan fingerprint density at radius 1 is 1.16 bits per heavy atom. The molecule has 1 aromatic carbocycles. The van der Waals surface area contributed by atoms with E-state index in [1.807, 2.05) is 12.1 Å². The maximum Gasteiger partial charge on any atom is 0.0998 e. The van der Waals surface area contributed by atoms with Crippen molar-refractivity contribution in [3.63, 3.8) is 0 Å². The molecule has 0 aromatic heterocycles. The van der Waals surface area contributed by atoms with Gasteiger partial charge in [0, 0.05) is 25.4 Å². The van der Waals surface area contributed by atoms with E-state index in [0.29, 0.717) is 5.92 Å². The number of rotatable bonds is 1. The topological polar surface area (TPSA) is 48.6 Å². The predicted octanol–water partition coefficient (Wildman–Crippen LogP) is 3.34. The van der Waals surface area contributed by atoms with Gasteiger partial charge in [0.05, 0.1) is 36.2 Å². The number of nitriles is 1. The summed E-state index contributed by atoms with van der Waals surface area (Å²) >= 11 is 0. The third-order valence-corrected chi connectivity index (χ3v) is 7.05. The van der Waals surface area contributed by atoms with Crippen LogP contribution in [-0.4, -0.2) is 42.6 Å². The SMILES string of the molecule is N#Cc1ccc(C2C3CCC(C3)C23CCC(N2CCOCC2)=N3)cc1. The summed E-state index contributed by atoms with van der Waals surface area (Å²) in [4.78, 5) is 7.91. The molecule has 2 bridgehead atoms. The highest BCUT2D eigenvalue weighted by Gasteiger charge is 2.60. The summed E-state index contributed by atoms with van der Waals surface area (Å²) in [6.07, 6.45) is 6.35. The summed E-state index contributed by atoms with van der Waals surface area (Å²) in [6, 6.07) is 10.6. The second-order valence-corrected chi connectivity index (χ2v) is 8.10. The largest absolute Gasteiger partial charge is 0.378 e. The Morgan fingerprint density at radius 2 is 1.96 bits per heavy atom. The van der Waals surface area contributed by atoms with Gasteiger partial charge in [0.15, 0.2) is 0 Å². The van der Waals surface area contributed by atoms with Gasteiger partial charge < -0.3 is 9.64 Å². The molecule has 1 spiro atoms. The lowest BCUT2D eigenvalue weighted by Gasteiger charge is -2.39. The van der Waals surface area contributed by atoms with Crippen molar-refractivity contribution in [3.05, 3.63) is 35.4 Å². The number of benzene rings is 1. The first-order valence-corrected chi connectivity index (χ1v) is 9.72. The van der Waals surface area contributed by atoms with E-state index in [4.69, 9.17) is 15.0 Å². The minimum absolute atomic E-state index is 0.116. The molecule has 3 fully saturated rings. The van der Waals surface area contributed by atoms with Gasteiger partial charge in [-0.15, -0.1) is 0 Å². The molecule has 25 heavy (non-hydrogen) atoms.